The molecular weight excluding hydrogens is 283 g/mol. The van der Waals surface area contributed by atoms with Gasteiger partial charge in [0, 0.05) is 0 Å². The lowest BCUT2D eigenvalue weighted by Gasteiger charge is -2.20. The van der Waals surface area contributed by atoms with E-state index < -0.39 is 12.2 Å². The van der Waals surface area contributed by atoms with Crippen LogP contribution in [0.3, 0.4) is 0 Å². The van der Waals surface area contributed by atoms with Crippen molar-refractivity contribution in [2.45, 2.75) is 39.4 Å². The molecule has 0 radical (unpaired) electrons. The van der Waals surface area contributed by atoms with E-state index in [9.17, 15) is 14.6 Å². The molecule has 0 amide bonds. The molecule has 2 atom stereocenters. The Labute approximate surface area is 131 Å². The average Bonchev–Trinajstić information content (AvgIpc) is 2.41. The van der Waals surface area contributed by atoms with E-state index in [4.69, 9.17) is 4.74 Å². The fourth-order valence-electron chi connectivity index (χ4n) is 1.85. The van der Waals surface area contributed by atoms with Crippen molar-refractivity contribution in [1.29, 1.82) is 0 Å². The zero-order valence-corrected chi connectivity index (χ0v) is 13.4. The molecule has 4 heteroatoms. The Balaban J connectivity index is 2.32. The first kappa shape index (κ1) is 18.4. The van der Waals surface area contributed by atoms with Crippen LogP contribution in [0, 0.1) is 11.2 Å². The zero-order chi connectivity index (χ0) is 16.6. The molecule has 0 fully saturated rings. The molecule has 1 rings (SSSR count). The number of benzene rings is 1. The van der Waals surface area contributed by atoms with E-state index in [0.29, 0.717) is 12.2 Å². The molecule has 2 N–H and O–H groups in total. The molecule has 122 valence electrons. The smallest absolute Gasteiger partial charge is 0.123 e. The highest BCUT2D eigenvalue weighted by atomic mass is 19.1. The fraction of sp³-hybridized carbons (Fsp3) is 0.444. The van der Waals surface area contributed by atoms with Crippen molar-refractivity contribution < 1.29 is 19.3 Å². The molecular formula is C18H25FO3. The highest BCUT2D eigenvalue weighted by Crippen LogP contribution is 2.21. The van der Waals surface area contributed by atoms with Gasteiger partial charge in [0.2, 0.25) is 0 Å². The predicted molar refractivity (Wildman–Crippen MR) is 86.3 cm³/mol. The largest absolute Gasteiger partial charge is 0.491 e. The molecule has 0 aromatic heterocycles. The molecule has 1 aromatic carbocycles. The van der Waals surface area contributed by atoms with Gasteiger partial charge in [0.15, 0.2) is 0 Å². The molecule has 0 saturated carbocycles. The van der Waals surface area contributed by atoms with Gasteiger partial charge in [-0.2, -0.15) is 0 Å². The maximum absolute atomic E-state index is 12.7. The third-order valence-corrected chi connectivity index (χ3v) is 2.83. The molecule has 0 unspecified atom stereocenters. The number of hydrogen-bond donors (Lipinski definition) is 2. The van der Waals surface area contributed by atoms with E-state index in [1.807, 2.05) is 0 Å². The molecule has 0 aliphatic heterocycles. The van der Waals surface area contributed by atoms with E-state index in [0.717, 1.165) is 0 Å². The maximum atomic E-state index is 12.7. The number of ether oxygens (including phenoxy) is 1. The summed E-state index contributed by atoms with van der Waals surface area (Å²) in [5.74, 6) is 0.178. The number of rotatable bonds is 7. The van der Waals surface area contributed by atoms with Gasteiger partial charge in [-0.05, 0) is 36.1 Å². The highest BCUT2D eigenvalue weighted by Gasteiger charge is 2.13. The summed E-state index contributed by atoms with van der Waals surface area (Å²) < 4.78 is 18.0. The van der Waals surface area contributed by atoms with Gasteiger partial charge >= 0.3 is 0 Å². The van der Waals surface area contributed by atoms with Gasteiger partial charge < -0.3 is 14.9 Å². The van der Waals surface area contributed by atoms with Gasteiger partial charge in [-0.15, -0.1) is 0 Å². The molecule has 0 saturated heterocycles. The van der Waals surface area contributed by atoms with Gasteiger partial charge in [-0.1, -0.05) is 45.1 Å². The quantitative estimate of drug-likeness (QED) is 0.758. The van der Waals surface area contributed by atoms with Crippen molar-refractivity contribution in [3.63, 3.8) is 0 Å². The third-order valence-electron chi connectivity index (χ3n) is 2.83. The summed E-state index contributed by atoms with van der Waals surface area (Å²) >= 11 is 0. The van der Waals surface area contributed by atoms with Crippen molar-refractivity contribution in [2.24, 2.45) is 5.41 Å². The van der Waals surface area contributed by atoms with Crippen LogP contribution in [0.15, 0.2) is 48.6 Å². The van der Waals surface area contributed by atoms with Gasteiger partial charge in [0.1, 0.15) is 24.3 Å². The van der Waals surface area contributed by atoms with E-state index >= 15 is 0 Å². The van der Waals surface area contributed by atoms with E-state index in [1.54, 1.807) is 24.3 Å². The van der Waals surface area contributed by atoms with Crippen LogP contribution in [0.2, 0.25) is 0 Å². The topological polar surface area (TPSA) is 49.7 Å². The summed E-state index contributed by atoms with van der Waals surface area (Å²) in [7, 11) is 0. The number of aliphatic hydroxyl groups excluding tert-OH is 2. The van der Waals surface area contributed by atoms with Crippen LogP contribution in [-0.2, 0) is 0 Å². The lowest BCUT2D eigenvalue weighted by atomic mass is 9.89. The van der Waals surface area contributed by atoms with Crippen molar-refractivity contribution in [3.05, 3.63) is 54.4 Å². The molecule has 0 heterocycles. The molecule has 0 aliphatic carbocycles. The Morgan fingerprint density at radius 3 is 2.14 bits per heavy atom. The second-order valence-corrected chi connectivity index (χ2v) is 6.43. The van der Waals surface area contributed by atoms with Crippen molar-refractivity contribution in [1.82, 2.24) is 0 Å². The number of hydrogen-bond acceptors (Lipinski definition) is 3. The Morgan fingerprint density at radius 1 is 1.05 bits per heavy atom. The normalized spacial score (nSPS) is 15.4. The second kappa shape index (κ2) is 8.71. The molecule has 0 bridgehead atoms. The summed E-state index contributed by atoms with van der Waals surface area (Å²) in [6, 6.07) is 5.62. The predicted octanol–water partition coefficient (Wildman–Crippen LogP) is 3.47. The molecule has 3 nitrogen and oxygen atoms in total. The first-order valence-electron chi connectivity index (χ1n) is 7.36. The molecule has 1 aromatic rings. The van der Waals surface area contributed by atoms with E-state index in [1.165, 1.54) is 24.3 Å². The zero-order valence-electron chi connectivity index (χ0n) is 13.4. The number of aliphatic hydroxyl groups is 2. The summed E-state index contributed by atoms with van der Waals surface area (Å²) in [5.41, 5.74) is 0.0655. The van der Waals surface area contributed by atoms with E-state index in [-0.39, 0.29) is 17.8 Å². The molecule has 22 heavy (non-hydrogen) atoms. The summed E-state index contributed by atoms with van der Waals surface area (Å²) in [6.45, 7) is 6.28. The van der Waals surface area contributed by atoms with Crippen LogP contribution in [-0.4, -0.2) is 29.0 Å². The van der Waals surface area contributed by atoms with Gasteiger partial charge in [0.05, 0.1) is 6.10 Å². The Hall–Kier alpha value is -1.65. The second-order valence-electron chi connectivity index (χ2n) is 6.43. The third kappa shape index (κ3) is 8.60. The standard InChI is InChI=1S/C18H25FO3/c1-18(2,3)12-15(20)6-4-5-7-16(21)13-22-17-10-8-14(19)9-11-17/h4-11,15-16,20-21H,12-13H2,1-3H3/b6-4+,7-5+/t15-,16+/m1/s1. The Kier molecular flexibility index (Phi) is 7.28. The Morgan fingerprint density at radius 2 is 1.59 bits per heavy atom. The number of halogens is 1. The summed E-state index contributed by atoms with van der Waals surface area (Å²) in [6.07, 6.45) is 6.04. The van der Waals surface area contributed by atoms with Gasteiger partial charge in [0.25, 0.3) is 0 Å². The minimum Gasteiger partial charge on any atom is -0.491 e. The van der Waals surface area contributed by atoms with Crippen molar-refractivity contribution >= 4 is 0 Å². The minimum absolute atomic E-state index is 0.0655. The van der Waals surface area contributed by atoms with Crippen molar-refractivity contribution in [3.8, 4) is 5.75 Å². The van der Waals surface area contributed by atoms with Gasteiger partial charge in [-0.3, -0.25) is 0 Å². The minimum atomic E-state index is -0.769. The molecule has 0 spiro atoms. The van der Waals surface area contributed by atoms with Crippen molar-refractivity contribution in [2.75, 3.05) is 6.61 Å². The summed E-state index contributed by atoms with van der Waals surface area (Å²) in [4.78, 5) is 0. The fourth-order valence-corrected chi connectivity index (χ4v) is 1.85. The lowest BCUT2D eigenvalue weighted by Crippen LogP contribution is -2.15. The van der Waals surface area contributed by atoms with E-state index in [2.05, 4.69) is 20.8 Å². The Bertz CT molecular complexity index is 486. The average molecular weight is 308 g/mol. The van der Waals surface area contributed by atoms with Crippen LogP contribution < -0.4 is 4.74 Å². The monoisotopic (exact) mass is 308 g/mol. The van der Waals surface area contributed by atoms with Crippen LogP contribution in [0.25, 0.3) is 0 Å². The first-order valence-corrected chi connectivity index (χ1v) is 7.36. The van der Waals surface area contributed by atoms with Crippen LogP contribution in [0.5, 0.6) is 5.75 Å². The van der Waals surface area contributed by atoms with Crippen LogP contribution in [0.4, 0.5) is 4.39 Å². The van der Waals surface area contributed by atoms with Crippen LogP contribution in [0.1, 0.15) is 27.2 Å². The highest BCUT2D eigenvalue weighted by molar-refractivity contribution is 5.22. The number of allylic oxidation sites excluding steroid dienone is 2. The SMILES string of the molecule is CC(C)(C)C[C@H](O)/C=C/C=C/[C@H](O)COc1ccc(F)cc1. The van der Waals surface area contributed by atoms with Crippen LogP contribution >= 0.6 is 0 Å². The summed E-state index contributed by atoms with van der Waals surface area (Å²) in [5, 5.41) is 19.5. The lowest BCUT2D eigenvalue weighted by molar-refractivity contribution is 0.144. The van der Waals surface area contributed by atoms with Gasteiger partial charge in [-0.25, -0.2) is 4.39 Å². The first-order chi connectivity index (χ1) is 10.3. The maximum Gasteiger partial charge on any atom is 0.123 e. The molecule has 0 aliphatic rings.